The van der Waals surface area contributed by atoms with E-state index < -0.39 is 11.7 Å². The van der Waals surface area contributed by atoms with E-state index in [1.165, 1.54) is 0 Å². The van der Waals surface area contributed by atoms with Crippen LogP contribution in [0.15, 0.2) is 6.20 Å². The minimum absolute atomic E-state index is 0.436. The fraction of sp³-hybridized carbons (Fsp3) is 0.714. The second-order valence-corrected chi connectivity index (χ2v) is 4.95. The third-order valence-electron chi connectivity index (χ3n) is 3.60. The maximum Gasteiger partial charge on any atom is 0.160 e. The topological polar surface area (TPSA) is 64.5 Å². The van der Waals surface area contributed by atoms with Crippen molar-refractivity contribution in [3.8, 4) is 0 Å². The van der Waals surface area contributed by atoms with Gasteiger partial charge in [-0.2, -0.15) is 0 Å². The predicted molar refractivity (Wildman–Crippen MR) is 70.8 cm³/mol. The minimum Gasteiger partial charge on any atom is -0.389 e. The summed E-state index contributed by atoms with van der Waals surface area (Å²) in [5, 5.41) is 9.64. The van der Waals surface area contributed by atoms with Gasteiger partial charge in [-0.1, -0.05) is 0 Å². The number of aryl methyl sites for hydroxylation is 1. The molecular weight excluding hydrogens is 244 g/mol. The lowest BCUT2D eigenvalue weighted by molar-refractivity contribution is -0.118. The van der Waals surface area contributed by atoms with Crippen LogP contribution in [0.2, 0.25) is 0 Å². The summed E-state index contributed by atoms with van der Waals surface area (Å²) in [6, 6.07) is 0. The van der Waals surface area contributed by atoms with Crippen molar-refractivity contribution in [2.24, 2.45) is 0 Å². The summed E-state index contributed by atoms with van der Waals surface area (Å²) in [6.45, 7) is 7.56. The molecule has 0 saturated carbocycles. The third-order valence-corrected chi connectivity index (χ3v) is 3.60. The van der Waals surface area contributed by atoms with Crippen LogP contribution in [0.25, 0.3) is 0 Å². The highest BCUT2D eigenvalue weighted by Crippen LogP contribution is 2.34. The van der Waals surface area contributed by atoms with Crippen LogP contribution in [0.1, 0.15) is 49.9 Å². The second kappa shape index (κ2) is 5.94. The van der Waals surface area contributed by atoms with E-state index in [1.54, 1.807) is 13.1 Å². The molecule has 0 unspecified atom stereocenters. The van der Waals surface area contributed by atoms with Crippen LogP contribution in [0.3, 0.4) is 0 Å². The first kappa shape index (κ1) is 14.4. The number of aliphatic hydroxyl groups is 1. The Hall–Kier alpha value is -1.04. The van der Waals surface area contributed by atoms with Gasteiger partial charge < -0.3 is 14.6 Å². The van der Waals surface area contributed by atoms with E-state index in [2.05, 4.69) is 9.97 Å². The molecule has 2 heterocycles. The molecule has 1 aliphatic rings. The molecule has 1 atom stereocenters. The normalized spacial score (nSPS) is 20.2. The first-order valence-electron chi connectivity index (χ1n) is 6.83. The van der Waals surface area contributed by atoms with E-state index in [-0.39, 0.29) is 0 Å². The highest BCUT2D eigenvalue weighted by Gasteiger charge is 2.38. The van der Waals surface area contributed by atoms with Gasteiger partial charge in [-0.3, -0.25) is 0 Å². The van der Waals surface area contributed by atoms with Gasteiger partial charge in [0, 0.05) is 50.1 Å². The maximum absolute atomic E-state index is 9.64. The molecule has 0 radical (unpaired) electrons. The van der Waals surface area contributed by atoms with Gasteiger partial charge in [0.25, 0.3) is 0 Å². The lowest BCUT2D eigenvalue weighted by atomic mass is 9.92. The highest BCUT2D eigenvalue weighted by molar-refractivity contribution is 5.20. The molecule has 1 N–H and O–H groups in total. The van der Waals surface area contributed by atoms with Gasteiger partial charge in [0.05, 0.1) is 6.10 Å². The van der Waals surface area contributed by atoms with Crippen LogP contribution in [-0.2, 0) is 15.1 Å². The molecule has 0 amide bonds. The average molecular weight is 266 g/mol. The average Bonchev–Trinajstić information content (AvgIpc) is 2.39. The van der Waals surface area contributed by atoms with E-state index >= 15 is 0 Å². The minimum atomic E-state index is -0.549. The summed E-state index contributed by atoms with van der Waals surface area (Å²) in [5.41, 5.74) is 1.14. The smallest absolute Gasteiger partial charge is 0.160 e. The molecule has 1 saturated heterocycles. The number of aliphatic hydroxyl groups excluding tert-OH is 1. The van der Waals surface area contributed by atoms with Crippen LogP contribution in [0, 0.1) is 6.92 Å². The van der Waals surface area contributed by atoms with Crippen LogP contribution in [-0.4, -0.2) is 34.9 Å². The summed E-state index contributed by atoms with van der Waals surface area (Å²) in [5.74, 6) is 0.708. The Bertz CT molecular complexity index is 423. The van der Waals surface area contributed by atoms with Gasteiger partial charge in [0.15, 0.2) is 5.82 Å². The van der Waals surface area contributed by atoms with E-state index in [9.17, 15) is 5.11 Å². The van der Waals surface area contributed by atoms with Gasteiger partial charge in [-0.05, 0) is 20.8 Å². The lowest BCUT2D eigenvalue weighted by Gasteiger charge is -2.35. The molecule has 2 rings (SSSR count). The zero-order valence-electron chi connectivity index (χ0n) is 11.8. The molecule has 19 heavy (non-hydrogen) atoms. The van der Waals surface area contributed by atoms with Crippen molar-refractivity contribution in [2.75, 3.05) is 19.8 Å². The summed E-state index contributed by atoms with van der Waals surface area (Å²) in [7, 11) is 0. The molecule has 5 heteroatoms. The molecule has 106 valence electrons. The predicted octanol–water partition coefficient (Wildman–Crippen LogP) is 1.88. The standard InChI is InChI=1S/C14H22N2O3/c1-4-19-14(5-7-18-8-6-14)13-15-9-12(11(3)17)10(2)16-13/h9,11,17H,4-8H2,1-3H3/t11-/m0/s1. The SMILES string of the molecule is CCOC1(c2ncc([C@H](C)O)c(C)n2)CCOCC1. The van der Waals surface area contributed by atoms with E-state index in [1.807, 2.05) is 13.8 Å². The number of hydrogen-bond acceptors (Lipinski definition) is 5. The van der Waals surface area contributed by atoms with Crippen LogP contribution in [0.4, 0.5) is 0 Å². The van der Waals surface area contributed by atoms with E-state index in [0.717, 1.165) is 24.1 Å². The van der Waals surface area contributed by atoms with Crippen molar-refractivity contribution < 1.29 is 14.6 Å². The van der Waals surface area contributed by atoms with Gasteiger partial charge >= 0.3 is 0 Å². The van der Waals surface area contributed by atoms with Crippen molar-refractivity contribution in [3.05, 3.63) is 23.3 Å². The summed E-state index contributed by atoms with van der Waals surface area (Å²) in [4.78, 5) is 8.98. The van der Waals surface area contributed by atoms with Crippen molar-refractivity contribution >= 4 is 0 Å². The maximum atomic E-state index is 9.64. The van der Waals surface area contributed by atoms with Gasteiger partial charge in [0.1, 0.15) is 5.60 Å². The van der Waals surface area contributed by atoms with E-state index in [4.69, 9.17) is 9.47 Å². The summed E-state index contributed by atoms with van der Waals surface area (Å²) < 4.78 is 11.4. The molecule has 1 aromatic heterocycles. The lowest BCUT2D eigenvalue weighted by Crippen LogP contribution is -2.38. The quantitative estimate of drug-likeness (QED) is 0.901. The largest absolute Gasteiger partial charge is 0.389 e. The monoisotopic (exact) mass is 266 g/mol. The van der Waals surface area contributed by atoms with Crippen LogP contribution in [0.5, 0.6) is 0 Å². The Balaban J connectivity index is 2.34. The Labute approximate surface area is 114 Å². The number of hydrogen-bond donors (Lipinski definition) is 1. The molecule has 0 aromatic carbocycles. The first-order valence-corrected chi connectivity index (χ1v) is 6.83. The fourth-order valence-corrected chi connectivity index (χ4v) is 2.52. The Morgan fingerprint density at radius 3 is 2.68 bits per heavy atom. The number of nitrogens with zero attached hydrogens (tertiary/aromatic N) is 2. The third kappa shape index (κ3) is 2.94. The van der Waals surface area contributed by atoms with Crippen molar-refractivity contribution in [2.45, 2.75) is 45.3 Å². The van der Waals surface area contributed by atoms with Gasteiger partial charge in [-0.15, -0.1) is 0 Å². The number of rotatable bonds is 4. The number of aromatic nitrogens is 2. The molecule has 1 aromatic rings. The number of ether oxygens (including phenoxy) is 2. The zero-order valence-corrected chi connectivity index (χ0v) is 11.8. The Morgan fingerprint density at radius 2 is 2.16 bits per heavy atom. The summed E-state index contributed by atoms with van der Waals surface area (Å²) >= 11 is 0. The van der Waals surface area contributed by atoms with Gasteiger partial charge in [0.2, 0.25) is 0 Å². The Morgan fingerprint density at radius 1 is 1.47 bits per heavy atom. The first-order chi connectivity index (χ1) is 9.09. The second-order valence-electron chi connectivity index (χ2n) is 4.95. The van der Waals surface area contributed by atoms with Gasteiger partial charge in [-0.25, -0.2) is 9.97 Å². The molecule has 1 aliphatic heterocycles. The van der Waals surface area contributed by atoms with Crippen molar-refractivity contribution in [3.63, 3.8) is 0 Å². The van der Waals surface area contributed by atoms with Crippen LogP contribution < -0.4 is 0 Å². The Kier molecular flexibility index (Phi) is 4.50. The zero-order chi connectivity index (χ0) is 13.9. The molecule has 0 aliphatic carbocycles. The van der Waals surface area contributed by atoms with E-state index in [0.29, 0.717) is 25.6 Å². The molecular formula is C14H22N2O3. The van der Waals surface area contributed by atoms with Crippen molar-refractivity contribution in [1.29, 1.82) is 0 Å². The molecule has 1 fully saturated rings. The molecule has 0 spiro atoms. The molecule has 0 bridgehead atoms. The highest BCUT2D eigenvalue weighted by atomic mass is 16.5. The van der Waals surface area contributed by atoms with Crippen LogP contribution >= 0.6 is 0 Å². The molecule has 5 nitrogen and oxygen atoms in total. The fourth-order valence-electron chi connectivity index (χ4n) is 2.52. The summed E-state index contributed by atoms with van der Waals surface area (Å²) in [6.07, 6.45) is 2.70. The van der Waals surface area contributed by atoms with Crippen molar-refractivity contribution in [1.82, 2.24) is 9.97 Å².